The Labute approximate surface area is 115 Å². The molecule has 0 radical (unpaired) electrons. The molecule has 0 aliphatic heterocycles. The van der Waals surface area contributed by atoms with Crippen molar-refractivity contribution in [2.75, 3.05) is 14.2 Å². The number of aromatic hydroxyl groups is 1. The summed E-state index contributed by atoms with van der Waals surface area (Å²) in [5.74, 6) is 1.30. The van der Waals surface area contributed by atoms with Crippen molar-refractivity contribution in [2.45, 2.75) is 31.2 Å². The van der Waals surface area contributed by atoms with Gasteiger partial charge in [-0.3, -0.25) is 0 Å². The summed E-state index contributed by atoms with van der Waals surface area (Å²) < 4.78 is 11.1. The van der Waals surface area contributed by atoms with Gasteiger partial charge in [0.05, 0.1) is 14.2 Å². The number of benzene rings is 1. The lowest BCUT2D eigenvalue weighted by Gasteiger charge is -2.23. The molecule has 0 heterocycles. The van der Waals surface area contributed by atoms with Gasteiger partial charge in [-0.25, -0.2) is 0 Å². The van der Waals surface area contributed by atoms with Gasteiger partial charge in [-0.15, -0.1) is 0 Å². The minimum absolute atomic E-state index is 0.00611. The van der Waals surface area contributed by atoms with Crippen LogP contribution in [-0.4, -0.2) is 25.4 Å². The molecule has 3 N–H and O–H groups in total. The summed E-state index contributed by atoms with van der Waals surface area (Å²) in [6, 6.07) is 1.82. The molecular formula is C13H18BrNO3. The fraction of sp³-hybridized carbons (Fsp3) is 0.538. The van der Waals surface area contributed by atoms with Crippen molar-refractivity contribution in [3.05, 3.63) is 16.1 Å². The molecule has 1 fully saturated rings. The first-order valence-corrected chi connectivity index (χ1v) is 6.66. The second-order valence-corrected chi connectivity index (χ2v) is 5.56. The largest absolute Gasteiger partial charge is 0.506 e. The predicted molar refractivity (Wildman–Crippen MR) is 73.5 cm³/mol. The molecule has 1 unspecified atom stereocenters. The lowest BCUT2D eigenvalue weighted by molar-refractivity contribution is 0.345. The van der Waals surface area contributed by atoms with Crippen molar-refractivity contribution in [3.8, 4) is 17.2 Å². The molecule has 1 aromatic rings. The van der Waals surface area contributed by atoms with Crippen LogP contribution in [-0.2, 0) is 5.41 Å². The molecule has 0 spiro atoms. The maximum atomic E-state index is 10.3. The molecule has 1 aromatic carbocycles. The van der Waals surface area contributed by atoms with Crippen molar-refractivity contribution in [1.82, 2.24) is 0 Å². The highest BCUT2D eigenvalue weighted by atomic mass is 79.9. The summed E-state index contributed by atoms with van der Waals surface area (Å²) in [6.07, 6.45) is 1.97. The van der Waals surface area contributed by atoms with E-state index >= 15 is 0 Å². The van der Waals surface area contributed by atoms with Crippen molar-refractivity contribution in [2.24, 2.45) is 5.73 Å². The van der Waals surface area contributed by atoms with Crippen LogP contribution in [0.5, 0.6) is 17.2 Å². The fourth-order valence-corrected chi connectivity index (χ4v) is 3.00. The maximum Gasteiger partial charge on any atom is 0.178 e. The third kappa shape index (κ3) is 1.86. The lowest BCUT2D eigenvalue weighted by atomic mass is 9.88. The van der Waals surface area contributed by atoms with E-state index in [1.165, 1.54) is 0 Å². The smallest absolute Gasteiger partial charge is 0.178 e. The molecule has 1 atom stereocenters. The summed E-state index contributed by atoms with van der Waals surface area (Å²) in [5.41, 5.74) is 6.75. The molecule has 1 aliphatic rings. The third-order valence-electron chi connectivity index (χ3n) is 3.78. The molecule has 0 bridgehead atoms. The molecular weight excluding hydrogens is 298 g/mol. The van der Waals surface area contributed by atoms with Crippen LogP contribution < -0.4 is 15.2 Å². The average molecular weight is 316 g/mol. The second-order valence-electron chi connectivity index (χ2n) is 4.77. The highest BCUT2D eigenvalue weighted by Gasteiger charge is 2.50. The quantitative estimate of drug-likeness (QED) is 0.896. The van der Waals surface area contributed by atoms with E-state index in [1.54, 1.807) is 14.2 Å². The van der Waals surface area contributed by atoms with Gasteiger partial charge in [0.25, 0.3) is 0 Å². The third-order valence-corrected chi connectivity index (χ3v) is 4.52. The van der Waals surface area contributed by atoms with Crippen LogP contribution in [0.15, 0.2) is 10.5 Å². The minimum atomic E-state index is -0.133. The van der Waals surface area contributed by atoms with Crippen LogP contribution in [0.2, 0.25) is 0 Å². The van der Waals surface area contributed by atoms with Crippen LogP contribution in [0.4, 0.5) is 0 Å². The number of halogens is 1. The van der Waals surface area contributed by atoms with Gasteiger partial charge in [-0.1, -0.05) is 0 Å². The SMILES string of the molecule is COc1cc(C2(C(C)N)CC2)c(O)c(Br)c1OC. The van der Waals surface area contributed by atoms with Gasteiger partial charge in [0, 0.05) is 17.0 Å². The van der Waals surface area contributed by atoms with E-state index in [0.717, 1.165) is 18.4 Å². The zero-order valence-corrected chi connectivity index (χ0v) is 12.4. The first kappa shape index (κ1) is 13.5. The number of ether oxygens (including phenoxy) is 2. The fourth-order valence-electron chi connectivity index (χ4n) is 2.42. The van der Waals surface area contributed by atoms with Gasteiger partial charge in [-0.05, 0) is 41.8 Å². The number of rotatable bonds is 4. The van der Waals surface area contributed by atoms with E-state index in [1.807, 2.05) is 13.0 Å². The van der Waals surface area contributed by atoms with E-state index < -0.39 is 0 Å². The Bertz CT molecular complexity index is 470. The molecule has 4 nitrogen and oxygen atoms in total. The number of hydrogen-bond acceptors (Lipinski definition) is 4. The Hall–Kier alpha value is -0.940. The van der Waals surface area contributed by atoms with E-state index in [2.05, 4.69) is 15.9 Å². The van der Waals surface area contributed by atoms with E-state index in [-0.39, 0.29) is 17.2 Å². The van der Waals surface area contributed by atoms with E-state index in [0.29, 0.717) is 16.0 Å². The first-order valence-electron chi connectivity index (χ1n) is 5.87. The number of phenols is 1. The van der Waals surface area contributed by atoms with Gasteiger partial charge in [0.1, 0.15) is 10.2 Å². The number of nitrogens with two attached hydrogens (primary N) is 1. The van der Waals surface area contributed by atoms with Crippen molar-refractivity contribution < 1.29 is 14.6 Å². The molecule has 0 aromatic heterocycles. The van der Waals surface area contributed by atoms with Crippen LogP contribution in [0.3, 0.4) is 0 Å². The van der Waals surface area contributed by atoms with Gasteiger partial charge >= 0.3 is 0 Å². The summed E-state index contributed by atoms with van der Waals surface area (Å²) in [7, 11) is 3.12. The van der Waals surface area contributed by atoms with E-state index in [9.17, 15) is 5.11 Å². The average Bonchev–Trinajstić information content (AvgIpc) is 3.13. The molecule has 0 saturated heterocycles. The van der Waals surface area contributed by atoms with Crippen molar-refractivity contribution in [1.29, 1.82) is 0 Å². The second kappa shape index (κ2) is 4.63. The van der Waals surface area contributed by atoms with Crippen molar-refractivity contribution in [3.63, 3.8) is 0 Å². The van der Waals surface area contributed by atoms with Crippen molar-refractivity contribution >= 4 is 15.9 Å². The predicted octanol–water partition coefficient (Wildman–Crippen LogP) is 2.55. The minimum Gasteiger partial charge on any atom is -0.506 e. The van der Waals surface area contributed by atoms with Gasteiger partial charge < -0.3 is 20.3 Å². The highest BCUT2D eigenvalue weighted by Crippen LogP contribution is 2.57. The molecule has 18 heavy (non-hydrogen) atoms. The Morgan fingerprint density at radius 2 is 2.00 bits per heavy atom. The molecule has 2 rings (SSSR count). The maximum absolute atomic E-state index is 10.3. The zero-order valence-electron chi connectivity index (χ0n) is 10.8. The van der Waals surface area contributed by atoms with Gasteiger partial charge in [0.2, 0.25) is 0 Å². The summed E-state index contributed by atoms with van der Waals surface area (Å²) in [4.78, 5) is 0. The molecule has 0 amide bonds. The van der Waals surface area contributed by atoms with Crippen LogP contribution in [0.1, 0.15) is 25.3 Å². The summed E-state index contributed by atoms with van der Waals surface area (Å²) >= 11 is 3.36. The Balaban J connectivity index is 2.60. The standard InChI is InChI=1S/C13H18BrNO3/c1-7(15)13(4-5-13)8-6-9(17-2)12(18-3)10(14)11(8)16/h6-7,16H,4-5,15H2,1-3H3. The topological polar surface area (TPSA) is 64.7 Å². The monoisotopic (exact) mass is 315 g/mol. The molecule has 100 valence electrons. The Morgan fingerprint density at radius 1 is 1.39 bits per heavy atom. The summed E-state index contributed by atoms with van der Waals surface area (Å²) in [5, 5.41) is 10.3. The van der Waals surface area contributed by atoms with E-state index in [4.69, 9.17) is 15.2 Å². The van der Waals surface area contributed by atoms with Gasteiger partial charge in [-0.2, -0.15) is 0 Å². The molecule has 1 saturated carbocycles. The molecule has 5 heteroatoms. The van der Waals surface area contributed by atoms with Crippen LogP contribution in [0.25, 0.3) is 0 Å². The lowest BCUT2D eigenvalue weighted by Crippen LogP contribution is -2.31. The first-order chi connectivity index (χ1) is 8.47. The molecule has 1 aliphatic carbocycles. The van der Waals surface area contributed by atoms with Crippen LogP contribution >= 0.6 is 15.9 Å². The highest BCUT2D eigenvalue weighted by molar-refractivity contribution is 9.10. The number of phenolic OH excluding ortho intramolecular Hbond substituents is 1. The zero-order chi connectivity index (χ0) is 13.5. The van der Waals surface area contributed by atoms with Gasteiger partial charge in [0.15, 0.2) is 11.5 Å². The normalized spacial score (nSPS) is 18.3. The number of hydrogen-bond donors (Lipinski definition) is 2. The Morgan fingerprint density at radius 3 is 2.39 bits per heavy atom. The Kier molecular flexibility index (Phi) is 3.47. The number of methoxy groups -OCH3 is 2. The van der Waals surface area contributed by atoms with Crippen LogP contribution in [0, 0.1) is 0 Å². The summed E-state index contributed by atoms with van der Waals surface area (Å²) in [6.45, 7) is 1.97.